The van der Waals surface area contributed by atoms with Crippen molar-refractivity contribution in [2.24, 2.45) is 0 Å². The van der Waals surface area contributed by atoms with E-state index in [0.717, 1.165) is 0 Å². The molecule has 0 saturated carbocycles. The van der Waals surface area contributed by atoms with Crippen molar-refractivity contribution in [1.29, 1.82) is 0 Å². The normalized spacial score (nSPS) is 22.0. The maximum atomic E-state index is 13.2. The Labute approximate surface area is 230 Å². The largest absolute Gasteiger partial charge is 0.463 e. The lowest BCUT2D eigenvalue weighted by Crippen LogP contribution is -2.63. The number of carbonyl (C=O) groups excluding carboxylic acids is 4. The molecule has 0 amide bonds. The van der Waals surface area contributed by atoms with Gasteiger partial charge in [-0.2, -0.15) is 0 Å². The summed E-state index contributed by atoms with van der Waals surface area (Å²) in [6.45, 7) is 0.847. The quantitative estimate of drug-likeness (QED) is 0.289. The van der Waals surface area contributed by atoms with E-state index >= 15 is 0 Å². The van der Waals surface area contributed by atoms with Gasteiger partial charge in [0, 0.05) is 14.0 Å². The Bertz CT molecular complexity index is 1300. The highest BCUT2D eigenvalue weighted by atomic mass is 16.7. The van der Waals surface area contributed by atoms with Crippen LogP contribution < -0.4 is 0 Å². The van der Waals surface area contributed by atoms with Crippen molar-refractivity contribution in [3.05, 3.63) is 108 Å². The topological polar surface area (TPSA) is 124 Å². The van der Waals surface area contributed by atoms with Gasteiger partial charge in [-0.1, -0.05) is 54.6 Å². The summed E-state index contributed by atoms with van der Waals surface area (Å²) >= 11 is 0. The second-order valence-corrected chi connectivity index (χ2v) is 8.79. The van der Waals surface area contributed by atoms with Crippen LogP contribution in [0.5, 0.6) is 0 Å². The maximum absolute atomic E-state index is 13.2. The van der Waals surface area contributed by atoms with Gasteiger partial charge < -0.3 is 28.4 Å². The van der Waals surface area contributed by atoms with E-state index in [1.165, 1.54) is 14.0 Å². The van der Waals surface area contributed by atoms with E-state index in [1.54, 1.807) is 91.0 Å². The number of esters is 4. The molecule has 208 valence electrons. The Hall–Kier alpha value is -4.54. The van der Waals surface area contributed by atoms with Crippen LogP contribution in [0, 0.1) is 0 Å². The van der Waals surface area contributed by atoms with Crippen LogP contribution in [0.3, 0.4) is 0 Å². The molecule has 1 fully saturated rings. The van der Waals surface area contributed by atoms with Crippen LogP contribution in [0.25, 0.3) is 0 Å². The highest BCUT2D eigenvalue weighted by molar-refractivity contribution is 5.91. The molecule has 4 rings (SSSR count). The summed E-state index contributed by atoms with van der Waals surface area (Å²) < 4.78 is 34.0. The Morgan fingerprint density at radius 3 is 1.43 bits per heavy atom. The molecule has 1 aliphatic rings. The molecule has 10 nitrogen and oxygen atoms in total. The van der Waals surface area contributed by atoms with E-state index in [-0.39, 0.29) is 23.3 Å². The molecule has 3 aromatic carbocycles. The minimum atomic E-state index is -1.41. The molecule has 0 aliphatic carbocycles. The predicted molar refractivity (Wildman–Crippen MR) is 139 cm³/mol. The van der Waals surface area contributed by atoms with Crippen molar-refractivity contribution in [1.82, 2.24) is 0 Å². The van der Waals surface area contributed by atoms with E-state index in [4.69, 9.17) is 28.4 Å². The van der Waals surface area contributed by atoms with Crippen LogP contribution in [0.2, 0.25) is 0 Å². The second-order valence-electron chi connectivity index (χ2n) is 8.79. The van der Waals surface area contributed by atoms with E-state index in [1.807, 2.05) is 0 Å². The molecule has 0 spiro atoms. The first-order valence-corrected chi connectivity index (χ1v) is 12.5. The van der Waals surface area contributed by atoms with Crippen molar-refractivity contribution in [2.45, 2.75) is 37.6 Å². The number of hydrogen-bond donors (Lipinski definition) is 0. The summed E-state index contributed by atoms with van der Waals surface area (Å²) in [6, 6.07) is 24.4. The first kappa shape index (κ1) is 28.5. The minimum absolute atomic E-state index is 0.209. The van der Waals surface area contributed by atoms with Crippen LogP contribution >= 0.6 is 0 Å². The van der Waals surface area contributed by atoms with Gasteiger partial charge in [0.2, 0.25) is 0 Å². The minimum Gasteiger partial charge on any atom is -0.463 e. The highest BCUT2D eigenvalue weighted by Crippen LogP contribution is 2.31. The summed E-state index contributed by atoms with van der Waals surface area (Å²) in [6.07, 6.45) is -6.55. The van der Waals surface area contributed by atoms with Crippen molar-refractivity contribution < 1.29 is 47.6 Å². The fraction of sp³-hybridized carbons (Fsp3) is 0.267. The molecule has 0 N–H and O–H groups in total. The predicted octanol–water partition coefficient (Wildman–Crippen LogP) is 3.60. The van der Waals surface area contributed by atoms with Crippen molar-refractivity contribution in [2.75, 3.05) is 13.7 Å². The van der Waals surface area contributed by atoms with Crippen molar-refractivity contribution in [3.63, 3.8) is 0 Å². The van der Waals surface area contributed by atoms with Gasteiger partial charge in [-0.15, -0.1) is 0 Å². The summed E-state index contributed by atoms with van der Waals surface area (Å²) in [4.78, 5) is 51.0. The van der Waals surface area contributed by atoms with Crippen LogP contribution in [0.4, 0.5) is 0 Å². The first-order valence-electron chi connectivity index (χ1n) is 12.5. The zero-order valence-corrected chi connectivity index (χ0v) is 21.8. The summed E-state index contributed by atoms with van der Waals surface area (Å²) in [7, 11) is 1.31. The zero-order valence-electron chi connectivity index (χ0n) is 21.8. The van der Waals surface area contributed by atoms with Gasteiger partial charge in [-0.05, 0) is 36.4 Å². The SMILES string of the molecule is CO[C@@H]1O[C@H](COC(C)=O)[C@H](OC(=O)c2ccccc2)[C@H](OC(=O)c2ccccc2)[C@H]1OC(=O)c1ccccc1. The van der Waals surface area contributed by atoms with Crippen molar-refractivity contribution >= 4 is 23.9 Å². The van der Waals surface area contributed by atoms with Gasteiger partial charge in [0.1, 0.15) is 12.7 Å². The average Bonchev–Trinajstić information content (AvgIpc) is 2.99. The van der Waals surface area contributed by atoms with Crippen molar-refractivity contribution in [3.8, 4) is 0 Å². The number of benzene rings is 3. The van der Waals surface area contributed by atoms with Crippen LogP contribution in [0.1, 0.15) is 38.0 Å². The van der Waals surface area contributed by atoms with Crippen LogP contribution in [0.15, 0.2) is 91.0 Å². The van der Waals surface area contributed by atoms with Crippen LogP contribution in [-0.4, -0.2) is 68.3 Å². The zero-order chi connectivity index (χ0) is 28.5. The van der Waals surface area contributed by atoms with Gasteiger partial charge in [-0.3, -0.25) is 4.79 Å². The fourth-order valence-corrected chi connectivity index (χ4v) is 4.10. The summed E-state index contributed by atoms with van der Waals surface area (Å²) in [5, 5.41) is 0. The van der Waals surface area contributed by atoms with E-state index in [9.17, 15) is 19.2 Å². The van der Waals surface area contributed by atoms with Crippen LogP contribution in [-0.2, 0) is 33.2 Å². The van der Waals surface area contributed by atoms with Gasteiger partial charge >= 0.3 is 23.9 Å². The lowest BCUT2D eigenvalue weighted by Gasteiger charge is -2.43. The van der Waals surface area contributed by atoms with Gasteiger partial charge in [0.15, 0.2) is 24.6 Å². The molecule has 3 aromatic rings. The lowest BCUT2D eigenvalue weighted by atomic mass is 9.97. The molecule has 1 aliphatic heterocycles. The van der Waals surface area contributed by atoms with Gasteiger partial charge in [0.05, 0.1) is 16.7 Å². The molecule has 0 aromatic heterocycles. The molecule has 10 heteroatoms. The molecule has 0 radical (unpaired) electrons. The molecular weight excluding hydrogens is 520 g/mol. The Morgan fingerprint density at radius 1 is 0.625 bits per heavy atom. The molecule has 40 heavy (non-hydrogen) atoms. The molecular formula is C30H28O10. The molecule has 1 heterocycles. The molecule has 5 atom stereocenters. The standard InChI is InChI=1S/C30H28O10/c1-19(31)36-18-23-24(38-27(32)20-12-6-3-7-13-20)25(39-28(33)21-14-8-4-9-15-21)26(30(35-2)37-23)40-29(34)22-16-10-5-11-17-22/h3-17,23-26,30H,18H2,1-2H3/t23-,24+,25+,26-,30-/m1/s1. The Morgan fingerprint density at radius 2 is 1.02 bits per heavy atom. The van der Waals surface area contributed by atoms with Gasteiger partial charge in [0.25, 0.3) is 0 Å². The first-order chi connectivity index (χ1) is 19.4. The van der Waals surface area contributed by atoms with Gasteiger partial charge in [-0.25, -0.2) is 14.4 Å². The third kappa shape index (κ3) is 7.10. The summed E-state index contributed by atoms with van der Waals surface area (Å²) in [5.41, 5.74) is 0.652. The number of ether oxygens (including phenoxy) is 6. The lowest BCUT2D eigenvalue weighted by molar-refractivity contribution is -0.292. The highest BCUT2D eigenvalue weighted by Gasteiger charge is 2.53. The average molecular weight is 549 g/mol. The number of methoxy groups -OCH3 is 1. The number of rotatable bonds is 9. The number of hydrogen-bond acceptors (Lipinski definition) is 10. The molecule has 1 saturated heterocycles. The third-order valence-corrected chi connectivity index (χ3v) is 6.03. The van der Waals surface area contributed by atoms with E-state index in [0.29, 0.717) is 0 Å². The second kappa shape index (κ2) is 13.5. The Kier molecular flexibility index (Phi) is 9.61. The van der Waals surface area contributed by atoms with E-state index < -0.39 is 54.6 Å². The smallest absolute Gasteiger partial charge is 0.338 e. The Balaban J connectivity index is 1.72. The monoisotopic (exact) mass is 548 g/mol. The molecule has 0 unspecified atom stereocenters. The third-order valence-electron chi connectivity index (χ3n) is 6.03. The maximum Gasteiger partial charge on any atom is 0.338 e. The van der Waals surface area contributed by atoms with E-state index in [2.05, 4.69) is 0 Å². The molecule has 0 bridgehead atoms. The fourth-order valence-electron chi connectivity index (χ4n) is 4.10. The summed E-state index contributed by atoms with van der Waals surface area (Å²) in [5.74, 6) is -2.88. The number of carbonyl (C=O) groups is 4.